The Balaban J connectivity index is 1.29. The predicted molar refractivity (Wildman–Crippen MR) is 124 cm³/mol. The van der Waals surface area contributed by atoms with Crippen molar-refractivity contribution in [3.8, 4) is 0 Å². The SMILES string of the molecule is COC(=O)c1ccc(/C=N/NC(=O)c2ccc(CN3CCc4ccccc4C3)cc2)cc1. The number of hydrazone groups is 1. The number of nitrogens with zero attached hydrogens (tertiary/aromatic N) is 2. The lowest BCUT2D eigenvalue weighted by Gasteiger charge is -2.28. The molecule has 1 aliphatic rings. The van der Waals surface area contributed by atoms with Crippen LogP contribution in [0.2, 0.25) is 0 Å². The number of fused-ring (bicyclic) bond motifs is 1. The van der Waals surface area contributed by atoms with Crippen molar-refractivity contribution >= 4 is 18.1 Å². The van der Waals surface area contributed by atoms with Crippen LogP contribution in [-0.4, -0.2) is 36.6 Å². The van der Waals surface area contributed by atoms with Crippen LogP contribution in [0.15, 0.2) is 77.9 Å². The van der Waals surface area contributed by atoms with Crippen LogP contribution < -0.4 is 5.43 Å². The van der Waals surface area contributed by atoms with E-state index in [9.17, 15) is 9.59 Å². The number of methoxy groups -OCH3 is 1. The molecule has 0 radical (unpaired) electrons. The Morgan fingerprint density at radius 3 is 2.38 bits per heavy atom. The molecule has 0 unspecified atom stereocenters. The van der Waals surface area contributed by atoms with Crippen LogP contribution in [0, 0.1) is 0 Å². The Bertz CT molecular complexity index is 1120. The second-order valence-electron chi connectivity index (χ2n) is 7.74. The highest BCUT2D eigenvalue weighted by Gasteiger charge is 2.16. The Hall–Kier alpha value is -3.77. The lowest BCUT2D eigenvalue weighted by Crippen LogP contribution is -2.30. The van der Waals surface area contributed by atoms with Gasteiger partial charge in [-0.25, -0.2) is 10.2 Å². The molecule has 6 nitrogen and oxygen atoms in total. The minimum atomic E-state index is -0.393. The fourth-order valence-electron chi connectivity index (χ4n) is 3.76. The first-order chi connectivity index (χ1) is 15.6. The Kier molecular flexibility index (Phi) is 6.72. The second-order valence-corrected chi connectivity index (χ2v) is 7.74. The van der Waals surface area contributed by atoms with Crippen LogP contribution in [0.4, 0.5) is 0 Å². The van der Waals surface area contributed by atoms with Gasteiger partial charge < -0.3 is 4.74 Å². The monoisotopic (exact) mass is 427 g/mol. The van der Waals surface area contributed by atoms with Gasteiger partial charge in [0.2, 0.25) is 0 Å². The minimum Gasteiger partial charge on any atom is -0.465 e. The van der Waals surface area contributed by atoms with Gasteiger partial charge in [-0.2, -0.15) is 5.10 Å². The first-order valence-corrected chi connectivity index (χ1v) is 10.5. The van der Waals surface area contributed by atoms with Crippen molar-refractivity contribution in [2.75, 3.05) is 13.7 Å². The summed E-state index contributed by atoms with van der Waals surface area (Å²) in [5.41, 5.74) is 8.32. The lowest BCUT2D eigenvalue weighted by atomic mass is 9.99. The van der Waals surface area contributed by atoms with Crippen molar-refractivity contribution in [1.82, 2.24) is 10.3 Å². The summed E-state index contributed by atoms with van der Waals surface area (Å²) >= 11 is 0. The molecule has 1 heterocycles. The minimum absolute atomic E-state index is 0.272. The molecule has 32 heavy (non-hydrogen) atoms. The van der Waals surface area contributed by atoms with Crippen LogP contribution in [0.1, 0.15) is 43.0 Å². The maximum absolute atomic E-state index is 12.4. The van der Waals surface area contributed by atoms with Crippen LogP contribution in [-0.2, 0) is 24.2 Å². The van der Waals surface area contributed by atoms with Crippen molar-refractivity contribution in [3.63, 3.8) is 0 Å². The molecule has 0 aliphatic carbocycles. The average molecular weight is 428 g/mol. The van der Waals surface area contributed by atoms with Gasteiger partial charge in [0.15, 0.2) is 0 Å². The van der Waals surface area contributed by atoms with Crippen molar-refractivity contribution in [1.29, 1.82) is 0 Å². The largest absolute Gasteiger partial charge is 0.465 e. The molecular formula is C26H25N3O3. The average Bonchev–Trinajstić information content (AvgIpc) is 2.84. The topological polar surface area (TPSA) is 71.0 Å². The molecule has 0 spiro atoms. The molecule has 0 aromatic heterocycles. The Labute approximate surface area is 187 Å². The maximum Gasteiger partial charge on any atom is 0.337 e. The summed E-state index contributed by atoms with van der Waals surface area (Å²) in [7, 11) is 1.34. The van der Waals surface area contributed by atoms with E-state index in [4.69, 9.17) is 0 Å². The van der Waals surface area contributed by atoms with Gasteiger partial charge >= 0.3 is 5.97 Å². The second kappa shape index (κ2) is 10.0. The van der Waals surface area contributed by atoms with Gasteiger partial charge in [0, 0.05) is 25.2 Å². The number of carbonyl (C=O) groups is 2. The normalized spacial score (nSPS) is 13.5. The molecule has 0 saturated carbocycles. The third-order valence-electron chi connectivity index (χ3n) is 5.54. The van der Waals surface area contributed by atoms with E-state index in [1.807, 2.05) is 24.3 Å². The van der Waals surface area contributed by atoms with Crippen molar-refractivity contribution in [3.05, 3.63) is 106 Å². The molecule has 1 aliphatic heterocycles. The standard InChI is InChI=1S/C26H25N3O3/c1-32-26(31)23-12-6-19(7-13-23)16-27-28-25(30)22-10-8-20(9-11-22)17-29-15-14-21-4-2-3-5-24(21)18-29/h2-13,16H,14-15,17-18H2,1H3,(H,28,30)/b27-16+. The highest BCUT2D eigenvalue weighted by Crippen LogP contribution is 2.20. The summed E-state index contributed by atoms with van der Waals surface area (Å²) in [5.74, 6) is -0.666. The number of esters is 1. The van der Waals surface area contributed by atoms with E-state index in [1.54, 1.807) is 24.3 Å². The molecule has 4 rings (SSSR count). The van der Waals surface area contributed by atoms with E-state index < -0.39 is 5.97 Å². The number of amides is 1. The number of hydrogen-bond acceptors (Lipinski definition) is 5. The fourth-order valence-corrected chi connectivity index (χ4v) is 3.76. The van der Waals surface area contributed by atoms with Crippen LogP contribution in [0.3, 0.4) is 0 Å². The zero-order valence-corrected chi connectivity index (χ0v) is 18.0. The Morgan fingerprint density at radius 2 is 1.66 bits per heavy atom. The summed E-state index contributed by atoms with van der Waals surface area (Å²) < 4.78 is 4.67. The molecule has 3 aromatic rings. The first-order valence-electron chi connectivity index (χ1n) is 10.5. The van der Waals surface area contributed by atoms with Crippen molar-refractivity contribution in [2.24, 2.45) is 5.10 Å². The number of carbonyl (C=O) groups excluding carboxylic acids is 2. The molecule has 0 fully saturated rings. The van der Waals surface area contributed by atoms with Gasteiger partial charge in [-0.15, -0.1) is 0 Å². The van der Waals surface area contributed by atoms with Gasteiger partial charge in [0.1, 0.15) is 0 Å². The summed E-state index contributed by atoms with van der Waals surface area (Å²) in [6.07, 6.45) is 2.60. The first kappa shape index (κ1) is 21.5. The maximum atomic E-state index is 12.4. The molecule has 0 atom stereocenters. The van der Waals surface area contributed by atoms with Crippen molar-refractivity contribution < 1.29 is 14.3 Å². The summed E-state index contributed by atoms with van der Waals surface area (Å²) in [6, 6.07) is 23.0. The highest BCUT2D eigenvalue weighted by molar-refractivity contribution is 5.95. The van der Waals surface area contributed by atoms with Gasteiger partial charge in [-0.05, 0) is 52.9 Å². The molecule has 3 aromatic carbocycles. The van der Waals surface area contributed by atoms with E-state index in [1.165, 1.54) is 30.0 Å². The van der Waals surface area contributed by atoms with E-state index in [0.29, 0.717) is 11.1 Å². The van der Waals surface area contributed by atoms with E-state index in [2.05, 4.69) is 44.4 Å². The molecule has 162 valence electrons. The quantitative estimate of drug-likeness (QED) is 0.369. The van der Waals surface area contributed by atoms with E-state index in [0.717, 1.165) is 31.6 Å². The van der Waals surface area contributed by atoms with Crippen LogP contribution in [0.25, 0.3) is 0 Å². The number of hydrogen-bond donors (Lipinski definition) is 1. The number of ether oxygens (including phenoxy) is 1. The number of rotatable bonds is 6. The molecule has 1 N–H and O–H groups in total. The molecule has 1 amide bonds. The smallest absolute Gasteiger partial charge is 0.337 e. The van der Waals surface area contributed by atoms with Crippen LogP contribution >= 0.6 is 0 Å². The summed E-state index contributed by atoms with van der Waals surface area (Å²) in [6.45, 7) is 2.85. The zero-order valence-electron chi connectivity index (χ0n) is 18.0. The van der Waals surface area contributed by atoms with Gasteiger partial charge in [-0.3, -0.25) is 9.69 Å². The van der Waals surface area contributed by atoms with E-state index in [-0.39, 0.29) is 5.91 Å². The van der Waals surface area contributed by atoms with E-state index >= 15 is 0 Å². The zero-order chi connectivity index (χ0) is 22.3. The third-order valence-corrected chi connectivity index (χ3v) is 5.54. The predicted octanol–water partition coefficient (Wildman–Crippen LogP) is 3.80. The number of benzene rings is 3. The molecule has 6 heteroatoms. The molecular weight excluding hydrogens is 402 g/mol. The van der Waals surface area contributed by atoms with Crippen molar-refractivity contribution in [2.45, 2.75) is 19.5 Å². The summed E-state index contributed by atoms with van der Waals surface area (Å²) in [4.78, 5) is 26.2. The number of nitrogens with one attached hydrogen (secondary N) is 1. The van der Waals surface area contributed by atoms with Gasteiger partial charge in [0.25, 0.3) is 5.91 Å². The van der Waals surface area contributed by atoms with Gasteiger partial charge in [0.05, 0.1) is 18.9 Å². The Morgan fingerprint density at radius 1 is 0.969 bits per heavy atom. The lowest BCUT2D eigenvalue weighted by molar-refractivity contribution is 0.0600. The molecule has 0 saturated heterocycles. The van der Waals surface area contributed by atoms with Crippen LogP contribution in [0.5, 0.6) is 0 Å². The van der Waals surface area contributed by atoms with Gasteiger partial charge in [-0.1, -0.05) is 48.5 Å². The molecule has 0 bridgehead atoms. The fraction of sp³-hybridized carbons (Fsp3) is 0.192. The highest BCUT2D eigenvalue weighted by atomic mass is 16.5. The third kappa shape index (κ3) is 5.28. The summed E-state index contributed by atoms with van der Waals surface area (Å²) in [5, 5.41) is 4.00.